The number of methoxy groups -OCH3 is 1. The average molecular weight is 206 g/mol. The maximum absolute atomic E-state index is 11.5. The second-order valence-electron chi connectivity index (χ2n) is 4.32. The highest BCUT2D eigenvalue weighted by molar-refractivity contribution is 5.85. The summed E-state index contributed by atoms with van der Waals surface area (Å²) in [5.74, 6) is 0.562. The van der Waals surface area contributed by atoms with Crippen molar-refractivity contribution in [1.82, 2.24) is 5.32 Å². The molecule has 1 heterocycles. The molecule has 2 aliphatic rings. The minimum absolute atomic E-state index is 0. The van der Waals surface area contributed by atoms with Gasteiger partial charge in [-0.1, -0.05) is 6.92 Å². The van der Waals surface area contributed by atoms with Crippen molar-refractivity contribution in [2.45, 2.75) is 25.8 Å². The lowest BCUT2D eigenvalue weighted by Gasteiger charge is -2.29. The summed E-state index contributed by atoms with van der Waals surface area (Å²) in [6, 6.07) is 0. The van der Waals surface area contributed by atoms with Crippen molar-refractivity contribution in [3.8, 4) is 0 Å². The first kappa shape index (κ1) is 10.8. The minimum atomic E-state index is -0.438. The van der Waals surface area contributed by atoms with Crippen LogP contribution in [0, 0.1) is 11.3 Å². The third kappa shape index (κ3) is 1.10. The first-order chi connectivity index (χ1) is 5.54. The van der Waals surface area contributed by atoms with E-state index in [2.05, 4.69) is 12.2 Å². The maximum atomic E-state index is 11.5. The van der Waals surface area contributed by atoms with Crippen molar-refractivity contribution in [2.75, 3.05) is 13.7 Å². The summed E-state index contributed by atoms with van der Waals surface area (Å²) < 4.78 is 4.80. The summed E-state index contributed by atoms with van der Waals surface area (Å²) in [5.41, 5.74) is -0.285. The van der Waals surface area contributed by atoms with E-state index in [1.54, 1.807) is 0 Å². The van der Waals surface area contributed by atoms with E-state index in [1.165, 1.54) is 7.11 Å². The van der Waals surface area contributed by atoms with Crippen LogP contribution in [0.1, 0.15) is 20.3 Å². The Hall–Kier alpha value is -0.280. The molecule has 0 aromatic carbocycles. The summed E-state index contributed by atoms with van der Waals surface area (Å²) in [7, 11) is 1.45. The van der Waals surface area contributed by atoms with Crippen LogP contribution in [0.25, 0.3) is 0 Å². The predicted octanol–water partition coefficient (Wildman–Crippen LogP) is 0.969. The molecule has 0 spiro atoms. The van der Waals surface area contributed by atoms with Crippen molar-refractivity contribution in [1.29, 1.82) is 0 Å². The van der Waals surface area contributed by atoms with Gasteiger partial charge in [0.15, 0.2) is 0 Å². The Kier molecular flexibility index (Phi) is 2.37. The number of hydrogen-bond donors (Lipinski definition) is 1. The van der Waals surface area contributed by atoms with Crippen LogP contribution in [0.15, 0.2) is 0 Å². The normalized spacial score (nSPS) is 46.2. The molecule has 0 aromatic rings. The van der Waals surface area contributed by atoms with Crippen molar-refractivity contribution < 1.29 is 9.53 Å². The van der Waals surface area contributed by atoms with E-state index in [4.69, 9.17) is 4.74 Å². The average Bonchev–Trinajstić information content (AvgIpc) is 2.66. The molecule has 1 aliphatic heterocycles. The van der Waals surface area contributed by atoms with Gasteiger partial charge in [-0.15, -0.1) is 12.4 Å². The molecule has 0 bridgehead atoms. The fourth-order valence-electron chi connectivity index (χ4n) is 2.40. The number of carbonyl (C=O) groups excluding carboxylic acids is 1. The molecule has 1 aliphatic carbocycles. The fraction of sp³-hybridized carbons (Fsp3) is 0.889. The number of hydrogen-bond acceptors (Lipinski definition) is 3. The Labute approximate surface area is 84.6 Å². The summed E-state index contributed by atoms with van der Waals surface area (Å²) in [6.45, 7) is 5.07. The predicted molar refractivity (Wildman–Crippen MR) is 51.9 cm³/mol. The van der Waals surface area contributed by atoms with E-state index in [0.717, 1.165) is 13.0 Å². The first-order valence-electron chi connectivity index (χ1n) is 4.38. The van der Waals surface area contributed by atoms with Gasteiger partial charge in [0.2, 0.25) is 0 Å². The lowest BCUT2D eigenvalue weighted by Crippen LogP contribution is -2.52. The number of halogens is 1. The second-order valence-corrected chi connectivity index (χ2v) is 4.32. The van der Waals surface area contributed by atoms with Crippen LogP contribution >= 0.6 is 12.4 Å². The van der Waals surface area contributed by atoms with E-state index < -0.39 is 5.54 Å². The van der Waals surface area contributed by atoms with Gasteiger partial charge in [-0.25, -0.2) is 0 Å². The van der Waals surface area contributed by atoms with Crippen LogP contribution in [0.2, 0.25) is 0 Å². The summed E-state index contributed by atoms with van der Waals surface area (Å²) in [6.07, 6.45) is 1.16. The number of rotatable bonds is 1. The number of nitrogens with one attached hydrogen (secondary N) is 1. The zero-order valence-corrected chi connectivity index (χ0v) is 9.03. The highest BCUT2D eigenvalue weighted by atomic mass is 35.5. The second kappa shape index (κ2) is 2.85. The quantitative estimate of drug-likeness (QED) is 0.649. The minimum Gasteiger partial charge on any atom is -0.468 e. The van der Waals surface area contributed by atoms with E-state index in [1.807, 2.05) is 6.92 Å². The number of fused-ring (bicyclic) bond motifs is 1. The van der Waals surface area contributed by atoms with Crippen molar-refractivity contribution in [2.24, 2.45) is 11.3 Å². The number of carbonyl (C=O) groups is 1. The van der Waals surface area contributed by atoms with Gasteiger partial charge in [-0.05, 0) is 25.8 Å². The molecule has 0 radical (unpaired) electrons. The van der Waals surface area contributed by atoms with Crippen LogP contribution in [-0.4, -0.2) is 25.2 Å². The summed E-state index contributed by atoms with van der Waals surface area (Å²) >= 11 is 0. The Morgan fingerprint density at radius 2 is 2.15 bits per heavy atom. The third-order valence-electron chi connectivity index (χ3n) is 3.85. The van der Waals surface area contributed by atoms with Gasteiger partial charge in [0.05, 0.1) is 7.11 Å². The molecule has 0 aromatic heterocycles. The van der Waals surface area contributed by atoms with Crippen molar-refractivity contribution in [3.05, 3.63) is 0 Å². The zero-order valence-electron chi connectivity index (χ0n) is 8.22. The molecule has 1 saturated heterocycles. The third-order valence-corrected chi connectivity index (χ3v) is 3.85. The smallest absolute Gasteiger partial charge is 0.326 e. The molecular weight excluding hydrogens is 190 g/mol. The number of ether oxygens (including phenoxy) is 1. The van der Waals surface area contributed by atoms with Crippen LogP contribution in [0.4, 0.5) is 0 Å². The van der Waals surface area contributed by atoms with Gasteiger partial charge in [-0.3, -0.25) is 4.79 Å². The highest BCUT2D eigenvalue weighted by Crippen LogP contribution is 2.62. The Morgan fingerprint density at radius 3 is 2.46 bits per heavy atom. The molecule has 3 unspecified atom stereocenters. The first-order valence-corrected chi connectivity index (χ1v) is 4.38. The van der Waals surface area contributed by atoms with Gasteiger partial charge >= 0.3 is 5.97 Å². The van der Waals surface area contributed by atoms with Gasteiger partial charge in [0, 0.05) is 5.41 Å². The van der Waals surface area contributed by atoms with Gasteiger partial charge in [-0.2, -0.15) is 0 Å². The Bertz CT molecular complexity index is 244. The molecule has 2 rings (SSSR count). The Balaban J connectivity index is 0.000000845. The van der Waals surface area contributed by atoms with Crippen molar-refractivity contribution >= 4 is 18.4 Å². The summed E-state index contributed by atoms with van der Waals surface area (Å²) in [5, 5.41) is 3.25. The molecule has 3 nitrogen and oxygen atoms in total. The SMILES string of the molecule is COC(=O)C1(C)NCC2CC21C.Cl. The van der Waals surface area contributed by atoms with Crippen LogP contribution < -0.4 is 5.32 Å². The largest absolute Gasteiger partial charge is 0.468 e. The van der Waals surface area contributed by atoms with Crippen LogP contribution in [0.5, 0.6) is 0 Å². The van der Waals surface area contributed by atoms with Gasteiger partial charge in [0.25, 0.3) is 0 Å². The maximum Gasteiger partial charge on any atom is 0.326 e. The van der Waals surface area contributed by atoms with Crippen LogP contribution in [-0.2, 0) is 9.53 Å². The van der Waals surface area contributed by atoms with Gasteiger partial charge < -0.3 is 10.1 Å². The molecule has 2 fully saturated rings. The monoisotopic (exact) mass is 205 g/mol. The van der Waals surface area contributed by atoms with Crippen molar-refractivity contribution in [3.63, 3.8) is 0 Å². The molecule has 1 N–H and O–H groups in total. The molecule has 1 saturated carbocycles. The van der Waals surface area contributed by atoms with Crippen LogP contribution in [0.3, 0.4) is 0 Å². The lowest BCUT2D eigenvalue weighted by molar-refractivity contribution is -0.149. The summed E-state index contributed by atoms with van der Waals surface area (Å²) in [4.78, 5) is 11.5. The molecule has 4 heteroatoms. The molecule has 13 heavy (non-hydrogen) atoms. The fourth-order valence-corrected chi connectivity index (χ4v) is 2.40. The topological polar surface area (TPSA) is 38.3 Å². The van der Waals surface area contributed by atoms with Gasteiger partial charge in [0.1, 0.15) is 5.54 Å². The molecular formula is C9H16ClNO2. The number of esters is 1. The molecule has 0 amide bonds. The van der Waals surface area contributed by atoms with E-state index in [9.17, 15) is 4.79 Å². The standard InChI is InChI=1S/C9H15NO2.ClH/c1-8-4-6(8)5-10-9(8,2)7(11)12-3;/h6,10H,4-5H2,1-3H3;1H. The molecule has 76 valence electrons. The van der Waals surface area contributed by atoms with E-state index in [0.29, 0.717) is 5.92 Å². The highest BCUT2D eigenvalue weighted by Gasteiger charge is 2.69. The lowest BCUT2D eigenvalue weighted by atomic mass is 9.85. The molecule has 3 atom stereocenters. The van der Waals surface area contributed by atoms with E-state index >= 15 is 0 Å². The zero-order chi connectivity index (χ0) is 8.98. The van der Waals surface area contributed by atoms with E-state index in [-0.39, 0.29) is 23.8 Å². The number of piperidine rings is 1. The Morgan fingerprint density at radius 1 is 1.54 bits per heavy atom.